The zero-order valence-electron chi connectivity index (χ0n) is 11.7. The summed E-state index contributed by atoms with van der Waals surface area (Å²) in [6, 6.07) is 8.41. The van der Waals surface area contributed by atoms with E-state index in [4.69, 9.17) is 5.11 Å². The number of thioether (sulfide) groups is 1. The molecule has 0 heterocycles. The lowest BCUT2D eigenvalue weighted by molar-refractivity contribution is -0.140. The fourth-order valence-electron chi connectivity index (χ4n) is 1.55. The minimum Gasteiger partial charge on any atom is -0.481 e. The Balaban J connectivity index is 2.73. The van der Waals surface area contributed by atoms with Gasteiger partial charge in [0.2, 0.25) is 0 Å². The average Bonchev–Trinajstić information content (AvgIpc) is 2.27. The van der Waals surface area contributed by atoms with Crippen LogP contribution in [0.1, 0.15) is 40.2 Å². The normalized spacial score (nSPS) is 15.2. The molecule has 3 heteroatoms. The quantitative estimate of drug-likeness (QED) is 0.830. The Morgan fingerprint density at radius 1 is 1.17 bits per heavy atom. The van der Waals surface area contributed by atoms with E-state index >= 15 is 0 Å². The Labute approximate surface area is 114 Å². The predicted octanol–water partition coefficient (Wildman–Crippen LogP) is 4.19. The van der Waals surface area contributed by atoms with Crippen molar-refractivity contribution in [2.45, 2.75) is 50.2 Å². The van der Waals surface area contributed by atoms with Crippen LogP contribution >= 0.6 is 11.8 Å². The molecule has 0 fully saturated rings. The van der Waals surface area contributed by atoms with E-state index in [-0.39, 0.29) is 16.6 Å². The fraction of sp³-hybridized carbons (Fsp3) is 0.533. The zero-order valence-corrected chi connectivity index (χ0v) is 12.5. The first-order chi connectivity index (χ1) is 8.21. The number of benzene rings is 1. The van der Waals surface area contributed by atoms with Gasteiger partial charge in [-0.05, 0) is 23.1 Å². The largest absolute Gasteiger partial charge is 0.481 e. The van der Waals surface area contributed by atoms with Gasteiger partial charge in [-0.25, -0.2) is 0 Å². The maximum absolute atomic E-state index is 10.9. The molecule has 0 saturated heterocycles. The van der Waals surface area contributed by atoms with Gasteiger partial charge in [0, 0.05) is 10.1 Å². The Morgan fingerprint density at radius 2 is 1.67 bits per heavy atom. The van der Waals surface area contributed by atoms with E-state index in [0.29, 0.717) is 0 Å². The second-order valence-electron chi connectivity index (χ2n) is 5.72. The van der Waals surface area contributed by atoms with Crippen LogP contribution in [0.25, 0.3) is 0 Å². The molecule has 0 aliphatic rings. The number of carboxylic acids is 1. The van der Waals surface area contributed by atoms with Gasteiger partial charge in [0.1, 0.15) is 0 Å². The molecule has 1 aromatic carbocycles. The molecule has 2 atom stereocenters. The molecule has 1 rings (SSSR count). The van der Waals surface area contributed by atoms with Crippen molar-refractivity contribution in [2.24, 2.45) is 5.92 Å². The molecule has 1 N–H and O–H groups in total. The molecule has 0 spiro atoms. The summed E-state index contributed by atoms with van der Waals surface area (Å²) in [5.74, 6) is -1.07. The topological polar surface area (TPSA) is 37.3 Å². The number of carbonyl (C=O) groups is 1. The Bertz CT molecular complexity index is 403. The third-order valence-corrected chi connectivity index (χ3v) is 4.46. The highest BCUT2D eigenvalue weighted by Crippen LogP contribution is 2.30. The lowest BCUT2D eigenvalue weighted by atomic mass is 9.87. The van der Waals surface area contributed by atoms with Crippen LogP contribution < -0.4 is 0 Å². The summed E-state index contributed by atoms with van der Waals surface area (Å²) in [7, 11) is 0. The molecular formula is C15H22O2S. The molecule has 0 amide bonds. The van der Waals surface area contributed by atoms with E-state index in [0.717, 1.165) is 4.90 Å². The van der Waals surface area contributed by atoms with Gasteiger partial charge in [0.05, 0.1) is 5.92 Å². The Morgan fingerprint density at radius 3 is 2.06 bits per heavy atom. The SMILES string of the molecule is CC(Sc1ccc(C(C)(C)C)cc1)C(C)C(=O)O. The van der Waals surface area contributed by atoms with Crippen molar-refractivity contribution in [3.8, 4) is 0 Å². The molecule has 100 valence electrons. The summed E-state index contributed by atoms with van der Waals surface area (Å²) in [4.78, 5) is 12.0. The smallest absolute Gasteiger partial charge is 0.307 e. The monoisotopic (exact) mass is 266 g/mol. The maximum Gasteiger partial charge on any atom is 0.307 e. The first-order valence-corrected chi connectivity index (χ1v) is 7.10. The highest BCUT2D eigenvalue weighted by molar-refractivity contribution is 8.00. The van der Waals surface area contributed by atoms with Gasteiger partial charge in [-0.15, -0.1) is 11.8 Å². The van der Waals surface area contributed by atoms with E-state index in [9.17, 15) is 4.79 Å². The van der Waals surface area contributed by atoms with Crippen molar-refractivity contribution in [3.05, 3.63) is 29.8 Å². The van der Waals surface area contributed by atoms with Crippen LogP contribution in [-0.4, -0.2) is 16.3 Å². The Hall–Kier alpha value is -0.960. The molecule has 1 aromatic rings. The standard InChI is InChI=1S/C15H22O2S/c1-10(14(16)17)11(2)18-13-8-6-12(7-9-13)15(3,4)5/h6-11H,1-5H3,(H,16,17). The summed E-state index contributed by atoms with van der Waals surface area (Å²) in [6.07, 6.45) is 0. The summed E-state index contributed by atoms with van der Waals surface area (Å²) >= 11 is 1.62. The van der Waals surface area contributed by atoms with Crippen LogP contribution in [0.15, 0.2) is 29.2 Å². The molecule has 2 nitrogen and oxygen atoms in total. The number of rotatable bonds is 4. The second kappa shape index (κ2) is 5.79. The van der Waals surface area contributed by atoms with E-state index < -0.39 is 5.97 Å². The van der Waals surface area contributed by atoms with Crippen molar-refractivity contribution >= 4 is 17.7 Å². The van der Waals surface area contributed by atoms with Crippen LogP contribution in [0, 0.1) is 5.92 Å². The molecule has 0 aliphatic carbocycles. The molecule has 0 aromatic heterocycles. The van der Waals surface area contributed by atoms with Crippen molar-refractivity contribution in [1.82, 2.24) is 0 Å². The van der Waals surface area contributed by atoms with Gasteiger partial charge in [0.25, 0.3) is 0 Å². The molecule has 0 bridgehead atoms. The Kier molecular flexibility index (Phi) is 4.85. The third kappa shape index (κ3) is 4.05. The van der Waals surface area contributed by atoms with Crippen LogP contribution in [0.5, 0.6) is 0 Å². The number of carboxylic acid groups (broad SMARTS) is 1. The van der Waals surface area contributed by atoms with E-state index in [2.05, 4.69) is 45.0 Å². The molecule has 0 aliphatic heterocycles. The maximum atomic E-state index is 10.9. The summed E-state index contributed by atoms with van der Waals surface area (Å²) in [5.41, 5.74) is 1.45. The predicted molar refractivity (Wildman–Crippen MR) is 77.3 cm³/mol. The average molecular weight is 266 g/mol. The number of aliphatic carboxylic acids is 1. The lowest BCUT2D eigenvalue weighted by Gasteiger charge is -2.20. The van der Waals surface area contributed by atoms with E-state index in [1.54, 1.807) is 18.7 Å². The fourth-order valence-corrected chi connectivity index (χ4v) is 2.59. The summed E-state index contributed by atoms with van der Waals surface area (Å²) < 4.78 is 0. The van der Waals surface area contributed by atoms with Crippen molar-refractivity contribution < 1.29 is 9.90 Å². The van der Waals surface area contributed by atoms with Crippen molar-refractivity contribution in [1.29, 1.82) is 0 Å². The van der Waals surface area contributed by atoms with Crippen LogP contribution in [0.4, 0.5) is 0 Å². The molecule has 0 radical (unpaired) electrons. The van der Waals surface area contributed by atoms with Gasteiger partial charge in [-0.2, -0.15) is 0 Å². The van der Waals surface area contributed by atoms with Gasteiger partial charge in [-0.1, -0.05) is 46.8 Å². The van der Waals surface area contributed by atoms with E-state index in [1.165, 1.54) is 5.56 Å². The van der Waals surface area contributed by atoms with E-state index in [1.807, 2.05) is 6.92 Å². The molecule has 0 saturated carbocycles. The van der Waals surface area contributed by atoms with Gasteiger partial charge in [-0.3, -0.25) is 4.79 Å². The highest BCUT2D eigenvalue weighted by atomic mass is 32.2. The molecular weight excluding hydrogens is 244 g/mol. The zero-order chi connectivity index (χ0) is 13.9. The molecule has 2 unspecified atom stereocenters. The van der Waals surface area contributed by atoms with Gasteiger partial charge < -0.3 is 5.11 Å². The number of hydrogen-bond donors (Lipinski definition) is 1. The minimum atomic E-state index is -0.735. The first kappa shape index (κ1) is 15.1. The second-order valence-corrected chi connectivity index (χ2v) is 7.17. The lowest BCUT2D eigenvalue weighted by Crippen LogP contribution is -2.19. The first-order valence-electron chi connectivity index (χ1n) is 6.22. The number of hydrogen-bond acceptors (Lipinski definition) is 2. The molecule has 18 heavy (non-hydrogen) atoms. The van der Waals surface area contributed by atoms with Gasteiger partial charge in [0.15, 0.2) is 0 Å². The third-order valence-electron chi connectivity index (χ3n) is 3.14. The van der Waals surface area contributed by atoms with Crippen molar-refractivity contribution in [3.63, 3.8) is 0 Å². The van der Waals surface area contributed by atoms with Crippen molar-refractivity contribution in [2.75, 3.05) is 0 Å². The highest BCUT2D eigenvalue weighted by Gasteiger charge is 2.20. The van der Waals surface area contributed by atoms with Gasteiger partial charge >= 0.3 is 5.97 Å². The van der Waals surface area contributed by atoms with Crippen LogP contribution in [0.3, 0.4) is 0 Å². The minimum absolute atomic E-state index is 0.0722. The summed E-state index contributed by atoms with van der Waals surface area (Å²) in [5, 5.41) is 9.04. The van der Waals surface area contributed by atoms with Crippen LogP contribution in [0.2, 0.25) is 0 Å². The summed E-state index contributed by atoms with van der Waals surface area (Å²) in [6.45, 7) is 10.3. The van der Waals surface area contributed by atoms with Crippen LogP contribution in [-0.2, 0) is 10.2 Å².